The zero-order chi connectivity index (χ0) is 22.3. The van der Waals surface area contributed by atoms with Crippen molar-refractivity contribution in [3.8, 4) is 17.2 Å². The van der Waals surface area contributed by atoms with Crippen LogP contribution in [0.25, 0.3) is 0 Å². The summed E-state index contributed by atoms with van der Waals surface area (Å²) in [5, 5.41) is 3.01. The maximum atomic E-state index is 12.9. The van der Waals surface area contributed by atoms with Crippen molar-refractivity contribution in [1.29, 1.82) is 0 Å². The summed E-state index contributed by atoms with van der Waals surface area (Å²) in [4.78, 5) is 27.3. The minimum Gasteiger partial charge on any atom is -0.497 e. The standard InChI is InChI=1S/C24H30N2O5/c1-24(23(28)25-15-18-5-7-19(29-2)8-6-18)13-4-14-26(17-24)22(27)16-31-21-11-9-20(30-3)10-12-21/h5-12H,4,13-17H2,1-3H3,(H,25,28)/t24-/m0/s1. The summed E-state index contributed by atoms with van der Waals surface area (Å²) < 4.78 is 15.9. The van der Waals surface area contributed by atoms with Gasteiger partial charge in [-0.05, 0) is 61.7 Å². The molecule has 31 heavy (non-hydrogen) atoms. The van der Waals surface area contributed by atoms with Gasteiger partial charge >= 0.3 is 0 Å². The molecule has 0 spiro atoms. The van der Waals surface area contributed by atoms with Gasteiger partial charge in [-0.1, -0.05) is 12.1 Å². The van der Waals surface area contributed by atoms with Crippen LogP contribution >= 0.6 is 0 Å². The fourth-order valence-electron chi connectivity index (χ4n) is 3.69. The Labute approximate surface area is 183 Å². The highest BCUT2D eigenvalue weighted by molar-refractivity contribution is 5.84. The summed E-state index contributed by atoms with van der Waals surface area (Å²) in [7, 11) is 3.22. The van der Waals surface area contributed by atoms with Crippen LogP contribution in [0, 0.1) is 5.41 Å². The lowest BCUT2D eigenvalue weighted by Crippen LogP contribution is -2.52. The number of nitrogens with one attached hydrogen (secondary N) is 1. The van der Waals surface area contributed by atoms with Gasteiger partial charge in [0.05, 0.1) is 19.6 Å². The first-order valence-electron chi connectivity index (χ1n) is 10.4. The van der Waals surface area contributed by atoms with Gasteiger partial charge in [-0.3, -0.25) is 9.59 Å². The van der Waals surface area contributed by atoms with Crippen molar-refractivity contribution in [1.82, 2.24) is 10.2 Å². The van der Waals surface area contributed by atoms with E-state index >= 15 is 0 Å². The van der Waals surface area contributed by atoms with Gasteiger partial charge in [-0.25, -0.2) is 0 Å². The highest BCUT2D eigenvalue weighted by Crippen LogP contribution is 2.30. The van der Waals surface area contributed by atoms with Crippen molar-refractivity contribution < 1.29 is 23.8 Å². The van der Waals surface area contributed by atoms with E-state index in [1.165, 1.54) is 0 Å². The Balaban J connectivity index is 1.51. The third kappa shape index (κ3) is 5.90. The molecule has 1 fully saturated rings. The number of piperidine rings is 1. The van der Waals surface area contributed by atoms with Crippen molar-refractivity contribution in [2.24, 2.45) is 5.41 Å². The van der Waals surface area contributed by atoms with Crippen LogP contribution in [0.5, 0.6) is 17.2 Å². The number of carbonyl (C=O) groups is 2. The minimum absolute atomic E-state index is 0.0445. The topological polar surface area (TPSA) is 77.1 Å². The van der Waals surface area contributed by atoms with E-state index in [1.807, 2.05) is 31.2 Å². The number of carbonyl (C=O) groups excluding carboxylic acids is 2. The molecule has 2 aromatic rings. The molecule has 0 aliphatic carbocycles. The molecule has 1 aliphatic heterocycles. The summed E-state index contributed by atoms with van der Waals surface area (Å²) in [6.07, 6.45) is 1.52. The molecule has 1 aliphatic rings. The second kappa shape index (κ2) is 10.2. The van der Waals surface area contributed by atoms with Crippen molar-refractivity contribution >= 4 is 11.8 Å². The van der Waals surface area contributed by atoms with Gasteiger partial charge in [-0.15, -0.1) is 0 Å². The third-order valence-corrected chi connectivity index (χ3v) is 5.63. The fourth-order valence-corrected chi connectivity index (χ4v) is 3.69. The summed E-state index contributed by atoms with van der Waals surface area (Å²) in [5.74, 6) is 1.94. The minimum atomic E-state index is -0.625. The largest absolute Gasteiger partial charge is 0.497 e. The lowest BCUT2D eigenvalue weighted by molar-refractivity contribution is -0.142. The lowest BCUT2D eigenvalue weighted by Gasteiger charge is -2.39. The Hall–Kier alpha value is -3.22. The second-order valence-electron chi connectivity index (χ2n) is 7.97. The van der Waals surface area contributed by atoms with E-state index in [9.17, 15) is 9.59 Å². The quantitative estimate of drug-likeness (QED) is 0.702. The van der Waals surface area contributed by atoms with E-state index in [-0.39, 0.29) is 18.4 Å². The molecule has 7 heteroatoms. The summed E-state index contributed by atoms with van der Waals surface area (Å²) >= 11 is 0. The summed E-state index contributed by atoms with van der Waals surface area (Å²) in [6.45, 7) is 3.31. The predicted octanol–water partition coefficient (Wildman–Crippen LogP) is 3.03. The number of methoxy groups -OCH3 is 2. The Morgan fingerprint density at radius 3 is 2.16 bits per heavy atom. The molecule has 1 N–H and O–H groups in total. The van der Waals surface area contributed by atoms with Crippen LogP contribution in [-0.2, 0) is 16.1 Å². The number of rotatable bonds is 8. The van der Waals surface area contributed by atoms with Crippen molar-refractivity contribution in [3.63, 3.8) is 0 Å². The van der Waals surface area contributed by atoms with Crippen LogP contribution in [-0.4, -0.2) is 50.6 Å². The van der Waals surface area contributed by atoms with Crippen LogP contribution in [0.3, 0.4) is 0 Å². The highest BCUT2D eigenvalue weighted by atomic mass is 16.5. The van der Waals surface area contributed by atoms with Crippen LogP contribution in [0.15, 0.2) is 48.5 Å². The van der Waals surface area contributed by atoms with Gasteiger partial charge in [0.15, 0.2) is 6.61 Å². The number of ether oxygens (including phenoxy) is 3. The monoisotopic (exact) mass is 426 g/mol. The molecule has 1 saturated heterocycles. The first-order valence-corrected chi connectivity index (χ1v) is 10.4. The zero-order valence-corrected chi connectivity index (χ0v) is 18.3. The number of nitrogens with zero attached hydrogens (tertiary/aromatic N) is 1. The molecule has 1 atom stereocenters. The Kier molecular flexibility index (Phi) is 7.39. The Morgan fingerprint density at radius 1 is 0.968 bits per heavy atom. The molecule has 0 unspecified atom stereocenters. The van der Waals surface area contributed by atoms with Gasteiger partial charge in [0.1, 0.15) is 17.2 Å². The Morgan fingerprint density at radius 2 is 1.55 bits per heavy atom. The van der Waals surface area contributed by atoms with Crippen LogP contribution < -0.4 is 19.5 Å². The van der Waals surface area contributed by atoms with E-state index < -0.39 is 5.41 Å². The SMILES string of the molecule is COc1ccc(CNC(=O)[C@@]2(C)CCCN(C(=O)COc3ccc(OC)cc3)C2)cc1. The summed E-state index contributed by atoms with van der Waals surface area (Å²) in [5.41, 5.74) is 0.370. The van der Waals surface area contributed by atoms with Gasteiger partial charge in [0.25, 0.3) is 5.91 Å². The number of likely N-dealkylation sites (tertiary alicyclic amines) is 1. The normalized spacial score (nSPS) is 18.2. The van der Waals surface area contributed by atoms with Crippen molar-refractivity contribution in [2.45, 2.75) is 26.3 Å². The molecule has 1 heterocycles. The number of benzene rings is 2. The van der Waals surface area contributed by atoms with E-state index in [0.29, 0.717) is 25.4 Å². The van der Waals surface area contributed by atoms with Gasteiger partial charge in [-0.2, -0.15) is 0 Å². The van der Waals surface area contributed by atoms with Gasteiger partial charge in [0, 0.05) is 19.6 Å². The molecular formula is C24H30N2O5. The third-order valence-electron chi connectivity index (χ3n) is 5.63. The van der Waals surface area contributed by atoms with Crippen LogP contribution in [0.1, 0.15) is 25.3 Å². The van der Waals surface area contributed by atoms with E-state index in [2.05, 4.69) is 5.32 Å². The molecule has 7 nitrogen and oxygen atoms in total. The molecule has 0 saturated carbocycles. The smallest absolute Gasteiger partial charge is 0.260 e. The Bertz CT molecular complexity index is 882. The average Bonchev–Trinajstić information content (AvgIpc) is 2.81. The van der Waals surface area contributed by atoms with E-state index in [4.69, 9.17) is 14.2 Å². The van der Waals surface area contributed by atoms with E-state index in [0.717, 1.165) is 29.9 Å². The molecule has 3 rings (SSSR count). The fraction of sp³-hybridized carbons (Fsp3) is 0.417. The zero-order valence-electron chi connectivity index (χ0n) is 18.3. The van der Waals surface area contributed by atoms with Gasteiger partial charge in [0.2, 0.25) is 5.91 Å². The van der Waals surface area contributed by atoms with E-state index in [1.54, 1.807) is 43.4 Å². The lowest BCUT2D eigenvalue weighted by atomic mass is 9.81. The number of hydrogen-bond donors (Lipinski definition) is 1. The number of hydrogen-bond acceptors (Lipinski definition) is 5. The average molecular weight is 427 g/mol. The molecule has 0 aromatic heterocycles. The molecule has 0 bridgehead atoms. The highest BCUT2D eigenvalue weighted by Gasteiger charge is 2.39. The maximum absolute atomic E-state index is 12.9. The van der Waals surface area contributed by atoms with Crippen LogP contribution in [0.4, 0.5) is 0 Å². The molecular weight excluding hydrogens is 396 g/mol. The molecule has 2 amide bonds. The predicted molar refractivity (Wildman–Crippen MR) is 117 cm³/mol. The number of amides is 2. The first-order chi connectivity index (χ1) is 14.9. The van der Waals surface area contributed by atoms with Crippen molar-refractivity contribution in [2.75, 3.05) is 33.9 Å². The molecule has 0 radical (unpaired) electrons. The first kappa shape index (κ1) is 22.5. The second-order valence-corrected chi connectivity index (χ2v) is 7.97. The molecule has 2 aromatic carbocycles. The molecule has 166 valence electrons. The van der Waals surface area contributed by atoms with Crippen LogP contribution in [0.2, 0.25) is 0 Å². The summed E-state index contributed by atoms with van der Waals surface area (Å²) in [6, 6.07) is 14.7. The van der Waals surface area contributed by atoms with Crippen molar-refractivity contribution in [3.05, 3.63) is 54.1 Å². The van der Waals surface area contributed by atoms with Gasteiger partial charge < -0.3 is 24.4 Å². The maximum Gasteiger partial charge on any atom is 0.260 e.